The summed E-state index contributed by atoms with van der Waals surface area (Å²) >= 11 is 8.75. The van der Waals surface area contributed by atoms with Crippen molar-refractivity contribution in [3.05, 3.63) is 56.7 Å². The number of benzene rings is 1. The maximum absolute atomic E-state index is 13.1. The molecule has 0 saturated carbocycles. The molecular weight excluding hydrogens is 353 g/mol. The lowest BCUT2D eigenvalue weighted by atomic mass is 10.1. The lowest BCUT2D eigenvalue weighted by Crippen LogP contribution is -2.03. The topological polar surface area (TPSA) is 33.6 Å². The quantitative estimate of drug-likeness (QED) is 0.690. The molecule has 108 valence electrons. The number of halogens is 2. The van der Waals surface area contributed by atoms with Gasteiger partial charge >= 0.3 is 0 Å². The summed E-state index contributed by atoms with van der Waals surface area (Å²) < 4.78 is 16.7. The first-order valence-corrected chi connectivity index (χ1v) is 7.74. The molecule has 0 unspecified atom stereocenters. The minimum absolute atomic E-state index is 0.202. The van der Waals surface area contributed by atoms with Gasteiger partial charge in [-0.05, 0) is 70.8 Å². The number of aromatic amines is 1. The second-order valence-electron chi connectivity index (χ2n) is 4.93. The van der Waals surface area contributed by atoms with Crippen LogP contribution in [0.25, 0.3) is 11.2 Å². The number of nitrogens with zero attached hydrogens (tertiary/aromatic N) is 2. The Labute approximate surface area is 135 Å². The molecule has 0 atom stereocenters. The number of rotatable bonds is 3. The number of aromatic nitrogens is 3. The van der Waals surface area contributed by atoms with E-state index in [9.17, 15) is 4.39 Å². The predicted molar refractivity (Wildman–Crippen MR) is 87.5 cm³/mol. The second-order valence-corrected chi connectivity index (χ2v) is 6.23. The normalized spacial score (nSPS) is 11.2. The summed E-state index contributed by atoms with van der Waals surface area (Å²) in [6.07, 6.45) is 2.54. The molecule has 0 aliphatic carbocycles. The molecule has 6 heteroatoms. The fourth-order valence-electron chi connectivity index (χ4n) is 2.40. The average Bonchev–Trinajstić information content (AvgIpc) is 2.72. The second kappa shape index (κ2) is 5.69. The molecule has 1 N–H and O–H groups in total. The van der Waals surface area contributed by atoms with Gasteiger partial charge in [-0.1, -0.05) is 6.07 Å². The predicted octanol–water partition coefficient (Wildman–Crippen LogP) is 4.55. The number of aryl methyl sites for hydroxylation is 3. The van der Waals surface area contributed by atoms with Crippen LogP contribution in [0.3, 0.4) is 0 Å². The van der Waals surface area contributed by atoms with Gasteiger partial charge in [0.25, 0.3) is 0 Å². The molecular formula is C15H13BrFN3S. The zero-order valence-corrected chi connectivity index (χ0v) is 13.8. The van der Waals surface area contributed by atoms with Crippen LogP contribution in [0.2, 0.25) is 0 Å². The molecule has 2 heterocycles. The first kappa shape index (κ1) is 14.4. The number of hydrogen-bond acceptors (Lipinski definition) is 2. The number of nitrogens with one attached hydrogen (secondary N) is 1. The van der Waals surface area contributed by atoms with Crippen molar-refractivity contribution in [1.29, 1.82) is 0 Å². The molecule has 0 aliphatic rings. The van der Waals surface area contributed by atoms with E-state index in [0.717, 1.165) is 33.2 Å². The SMILES string of the molecule is Cc1cc(F)ccc1CCn1c(=S)[nH]c2cc(Br)cnc21. The van der Waals surface area contributed by atoms with Crippen LogP contribution >= 0.6 is 28.1 Å². The van der Waals surface area contributed by atoms with Gasteiger partial charge in [0.2, 0.25) is 0 Å². The van der Waals surface area contributed by atoms with Gasteiger partial charge in [-0.2, -0.15) is 0 Å². The molecule has 3 nitrogen and oxygen atoms in total. The Morgan fingerprint density at radius 1 is 1.38 bits per heavy atom. The van der Waals surface area contributed by atoms with E-state index in [4.69, 9.17) is 12.2 Å². The Hall–Kier alpha value is -1.53. The fraction of sp³-hybridized carbons (Fsp3) is 0.200. The highest BCUT2D eigenvalue weighted by Gasteiger charge is 2.07. The van der Waals surface area contributed by atoms with Gasteiger partial charge in [-0.3, -0.25) is 0 Å². The standard InChI is InChI=1S/C15H13BrFN3S/c1-9-6-12(17)3-2-10(9)4-5-20-14-13(19-15(20)21)7-11(16)8-18-14/h2-3,6-8H,4-5H2,1H3,(H,19,21). The molecule has 3 aromatic rings. The van der Waals surface area contributed by atoms with Crippen molar-refractivity contribution < 1.29 is 4.39 Å². The molecule has 0 saturated heterocycles. The van der Waals surface area contributed by atoms with Crippen LogP contribution < -0.4 is 0 Å². The Kier molecular flexibility index (Phi) is 3.91. The van der Waals surface area contributed by atoms with E-state index in [-0.39, 0.29) is 5.82 Å². The molecule has 0 spiro atoms. The maximum atomic E-state index is 13.1. The number of fused-ring (bicyclic) bond motifs is 1. The highest BCUT2D eigenvalue weighted by Crippen LogP contribution is 2.18. The van der Waals surface area contributed by atoms with Gasteiger partial charge in [-0.15, -0.1) is 0 Å². The summed E-state index contributed by atoms with van der Waals surface area (Å²) in [7, 11) is 0. The fourth-order valence-corrected chi connectivity index (χ4v) is 3.02. The molecule has 0 aliphatic heterocycles. The van der Waals surface area contributed by atoms with E-state index in [1.807, 2.05) is 23.6 Å². The maximum Gasteiger partial charge on any atom is 0.179 e. The lowest BCUT2D eigenvalue weighted by Gasteiger charge is -2.07. The first-order chi connectivity index (χ1) is 10.0. The summed E-state index contributed by atoms with van der Waals surface area (Å²) in [6, 6.07) is 6.83. The molecule has 2 aromatic heterocycles. The zero-order valence-electron chi connectivity index (χ0n) is 11.4. The van der Waals surface area contributed by atoms with Crippen LogP contribution in [-0.2, 0) is 13.0 Å². The summed E-state index contributed by atoms with van der Waals surface area (Å²) in [6.45, 7) is 2.63. The molecule has 0 bridgehead atoms. The van der Waals surface area contributed by atoms with Gasteiger partial charge in [0.15, 0.2) is 10.4 Å². The van der Waals surface area contributed by atoms with Gasteiger partial charge in [0.1, 0.15) is 5.82 Å². The van der Waals surface area contributed by atoms with E-state index < -0.39 is 0 Å². The van der Waals surface area contributed by atoms with Crippen LogP contribution in [0.5, 0.6) is 0 Å². The molecule has 21 heavy (non-hydrogen) atoms. The van der Waals surface area contributed by atoms with Crippen molar-refractivity contribution >= 4 is 39.3 Å². The average molecular weight is 366 g/mol. The number of imidazole rings is 1. The molecule has 0 amide bonds. The van der Waals surface area contributed by atoms with E-state index in [0.29, 0.717) is 11.3 Å². The van der Waals surface area contributed by atoms with Crippen molar-refractivity contribution in [3.63, 3.8) is 0 Å². The minimum Gasteiger partial charge on any atom is -0.329 e. The van der Waals surface area contributed by atoms with Gasteiger partial charge < -0.3 is 9.55 Å². The van der Waals surface area contributed by atoms with E-state index in [2.05, 4.69) is 25.9 Å². The summed E-state index contributed by atoms with van der Waals surface area (Å²) in [4.78, 5) is 7.56. The Morgan fingerprint density at radius 2 is 2.19 bits per heavy atom. The Bertz CT molecular complexity index is 869. The summed E-state index contributed by atoms with van der Waals surface area (Å²) in [5.74, 6) is -0.202. The van der Waals surface area contributed by atoms with Crippen molar-refractivity contribution in [2.75, 3.05) is 0 Å². The van der Waals surface area contributed by atoms with Crippen LogP contribution in [0.15, 0.2) is 34.9 Å². The third-order valence-electron chi connectivity index (χ3n) is 3.49. The molecule has 0 fully saturated rings. The van der Waals surface area contributed by atoms with Gasteiger partial charge in [0, 0.05) is 17.2 Å². The van der Waals surface area contributed by atoms with Crippen LogP contribution in [0.4, 0.5) is 4.39 Å². The smallest absolute Gasteiger partial charge is 0.179 e. The summed E-state index contributed by atoms with van der Waals surface area (Å²) in [5.41, 5.74) is 3.81. The molecule has 3 rings (SSSR count). The lowest BCUT2D eigenvalue weighted by molar-refractivity contribution is 0.624. The monoisotopic (exact) mass is 365 g/mol. The number of hydrogen-bond donors (Lipinski definition) is 1. The third kappa shape index (κ3) is 2.91. The van der Waals surface area contributed by atoms with E-state index in [1.54, 1.807) is 12.3 Å². The van der Waals surface area contributed by atoms with Gasteiger partial charge in [-0.25, -0.2) is 9.37 Å². The van der Waals surface area contributed by atoms with Crippen LogP contribution in [-0.4, -0.2) is 14.5 Å². The molecule has 1 aromatic carbocycles. The van der Waals surface area contributed by atoms with Gasteiger partial charge in [0.05, 0.1) is 5.52 Å². The number of H-pyrrole nitrogens is 1. The van der Waals surface area contributed by atoms with Crippen molar-refractivity contribution in [1.82, 2.24) is 14.5 Å². The molecule has 0 radical (unpaired) electrons. The third-order valence-corrected chi connectivity index (χ3v) is 4.24. The first-order valence-electron chi connectivity index (χ1n) is 6.53. The summed E-state index contributed by atoms with van der Waals surface area (Å²) in [5, 5.41) is 0. The van der Waals surface area contributed by atoms with Crippen molar-refractivity contribution in [2.45, 2.75) is 19.9 Å². The minimum atomic E-state index is -0.202. The Balaban J connectivity index is 1.91. The van der Waals surface area contributed by atoms with Crippen LogP contribution in [0, 0.1) is 17.5 Å². The van der Waals surface area contributed by atoms with Crippen molar-refractivity contribution in [2.24, 2.45) is 0 Å². The van der Waals surface area contributed by atoms with E-state index >= 15 is 0 Å². The largest absolute Gasteiger partial charge is 0.329 e. The zero-order chi connectivity index (χ0) is 15.0. The highest BCUT2D eigenvalue weighted by atomic mass is 79.9. The van der Waals surface area contributed by atoms with Crippen molar-refractivity contribution in [3.8, 4) is 0 Å². The highest BCUT2D eigenvalue weighted by molar-refractivity contribution is 9.10. The van der Waals surface area contributed by atoms with E-state index in [1.165, 1.54) is 6.07 Å². The van der Waals surface area contributed by atoms with Crippen LogP contribution in [0.1, 0.15) is 11.1 Å². The Morgan fingerprint density at radius 3 is 2.95 bits per heavy atom. The number of pyridine rings is 1.